The number of aromatic nitrogens is 2. The Balaban J connectivity index is 1.41. The highest BCUT2D eigenvalue weighted by molar-refractivity contribution is 5.76. The summed E-state index contributed by atoms with van der Waals surface area (Å²) in [6.45, 7) is 1.93. The zero-order valence-electron chi connectivity index (χ0n) is 13.6. The van der Waals surface area contributed by atoms with E-state index in [0.29, 0.717) is 31.7 Å². The van der Waals surface area contributed by atoms with E-state index in [1.165, 1.54) is 12.1 Å². The third-order valence-electron chi connectivity index (χ3n) is 4.25. The number of hydrogen-bond donors (Lipinski definition) is 0. The zero-order valence-corrected chi connectivity index (χ0v) is 13.6. The molecule has 1 atom stereocenters. The van der Waals surface area contributed by atoms with E-state index in [1.54, 1.807) is 18.3 Å². The van der Waals surface area contributed by atoms with E-state index in [1.807, 2.05) is 21.8 Å². The lowest BCUT2D eigenvalue weighted by atomic mass is 10.1. The van der Waals surface area contributed by atoms with E-state index in [9.17, 15) is 9.18 Å². The van der Waals surface area contributed by atoms with Gasteiger partial charge in [-0.25, -0.2) is 4.39 Å². The molecule has 0 saturated carbocycles. The summed E-state index contributed by atoms with van der Waals surface area (Å²) in [7, 11) is 0. The second-order valence-electron chi connectivity index (χ2n) is 6.03. The first-order valence-electron chi connectivity index (χ1n) is 8.37. The molecule has 3 rings (SSSR count). The molecule has 1 aliphatic rings. The first-order chi connectivity index (χ1) is 11.7. The Bertz CT molecular complexity index is 660. The second-order valence-corrected chi connectivity index (χ2v) is 6.03. The van der Waals surface area contributed by atoms with Crippen LogP contribution in [0.1, 0.15) is 31.7 Å². The van der Waals surface area contributed by atoms with Crippen LogP contribution in [0.15, 0.2) is 42.7 Å². The van der Waals surface area contributed by atoms with Crippen LogP contribution in [0.2, 0.25) is 0 Å². The van der Waals surface area contributed by atoms with Gasteiger partial charge in [0.1, 0.15) is 11.6 Å². The molecule has 0 radical (unpaired) electrons. The summed E-state index contributed by atoms with van der Waals surface area (Å²) >= 11 is 0. The highest BCUT2D eigenvalue weighted by atomic mass is 19.1. The molecule has 1 aliphatic heterocycles. The molecule has 1 amide bonds. The lowest BCUT2D eigenvalue weighted by Gasteiger charge is -2.33. The molecule has 1 unspecified atom stereocenters. The maximum atomic E-state index is 13.1. The van der Waals surface area contributed by atoms with Crippen molar-refractivity contribution in [3.05, 3.63) is 48.5 Å². The third-order valence-corrected chi connectivity index (χ3v) is 4.25. The van der Waals surface area contributed by atoms with Crippen LogP contribution in [-0.4, -0.2) is 40.3 Å². The van der Waals surface area contributed by atoms with Gasteiger partial charge in [-0.05, 0) is 37.5 Å². The average molecular weight is 331 g/mol. The monoisotopic (exact) mass is 331 g/mol. The summed E-state index contributed by atoms with van der Waals surface area (Å²) in [6.07, 6.45) is 6.83. The van der Waals surface area contributed by atoms with E-state index in [2.05, 4.69) is 5.10 Å². The van der Waals surface area contributed by atoms with E-state index in [-0.39, 0.29) is 17.8 Å². The van der Waals surface area contributed by atoms with Gasteiger partial charge in [0.15, 0.2) is 0 Å². The fourth-order valence-corrected chi connectivity index (χ4v) is 3.02. The van der Waals surface area contributed by atoms with Gasteiger partial charge in [0, 0.05) is 38.0 Å². The van der Waals surface area contributed by atoms with Gasteiger partial charge >= 0.3 is 0 Å². The Hall–Kier alpha value is -2.37. The smallest absolute Gasteiger partial charge is 0.222 e. The summed E-state index contributed by atoms with van der Waals surface area (Å²) in [5.74, 6) is 0.329. The Morgan fingerprint density at radius 2 is 2.29 bits per heavy atom. The Labute approximate surface area is 141 Å². The van der Waals surface area contributed by atoms with Crippen molar-refractivity contribution >= 4 is 5.91 Å². The maximum Gasteiger partial charge on any atom is 0.222 e. The molecule has 1 aromatic carbocycles. The van der Waals surface area contributed by atoms with Crippen LogP contribution in [0, 0.1) is 5.82 Å². The van der Waals surface area contributed by atoms with Crippen LogP contribution in [0.5, 0.6) is 5.75 Å². The number of hydrogen-bond acceptors (Lipinski definition) is 3. The fraction of sp³-hybridized carbons (Fsp3) is 0.444. The lowest BCUT2D eigenvalue weighted by Crippen LogP contribution is -2.40. The molecule has 0 spiro atoms. The van der Waals surface area contributed by atoms with Crippen LogP contribution in [0.4, 0.5) is 4.39 Å². The van der Waals surface area contributed by atoms with Gasteiger partial charge < -0.3 is 9.64 Å². The lowest BCUT2D eigenvalue weighted by molar-refractivity contribution is -0.133. The van der Waals surface area contributed by atoms with E-state index in [4.69, 9.17) is 4.74 Å². The van der Waals surface area contributed by atoms with Crippen molar-refractivity contribution in [2.45, 2.75) is 31.7 Å². The predicted octanol–water partition coefficient (Wildman–Crippen LogP) is 3.04. The SMILES string of the molecule is O=C(CCCOc1cccc(F)c1)N1CCCC(n2cccn2)C1. The van der Waals surface area contributed by atoms with Crippen molar-refractivity contribution in [3.63, 3.8) is 0 Å². The molecule has 1 fully saturated rings. The summed E-state index contributed by atoms with van der Waals surface area (Å²) < 4.78 is 20.5. The Morgan fingerprint density at radius 1 is 1.38 bits per heavy atom. The standard InChI is InChI=1S/C18H22FN3O2/c19-15-5-1-7-17(13-15)24-12-3-8-18(23)21-10-2-6-16(14-21)22-11-4-9-20-22/h1,4-5,7,9,11,13,16H,2-3,6,8,10,12,14H2. The number of carbonyl (C=O) groups is 1. The number of ether oxygens (including phenoxy) is 1. The predicted molar refractivity (Wildman–Crippen MR) is 88.2 cm³/mol. The number of piperidine rings is 1. The van der Waals surface area contributed by atoms with Crippen molar-refractivity contribution in [1.29, 1.82) is 0 Å². The molecular formula is C18H22FN3O2. The molecule has 6 heteroatoms. The van der Waals surface area contributed by atoms with Crippen LogP contribution in [0.25, 0.3) is 0 Å². The molecule has 1 aromatic heterocycles. The quantitative estimate of drug-likeness (QED) is 0.765. The van der Waals surface area contributed by atoms with Gasteiger partial charge in [-0.2, -0.15) is 5.10 Å². The molecule has 0 N–H and O–H groups in total. The number of benzene rings is 1. The number of amides is 1. The Morgan fingerprint density at radius 3 is 3.08 bits per heavy atom. The van der Waals surface area contributed by atoms with Crippen molar-refractivity contribution < 1.29 is 13.9 Å². The normalized spacial score (nSPS) is 17.7. The van der Waals surface area contributed by atoms with Gasteiger partial charge in [0.2, 0.25) is 5.91 Å². The largest absolute Gasteiger partial charge is 0.493 e. The number of carbonyl (C=O) groups excluding carboxylic acids is 1. The van der Waals surface area contributed by atoms with Crippen molar-refractivity contribution in [2.24, 2.45) is 0 Å². The maximum absolute atomic E-state index is 13.1. The van der Waals surface area contributed by atoms with Gasteiger partial charge in [-0.1, -0.05) is 6.07 Å². The molecule has 24 heavy (non-hydrogen) atoms. The van der Waals surface area contributed by atoms with E-state index < -0.39 is 0 Å². The number of nitrogens with zero attached hydrogens (tertiary/aromatic N) is 3. The molecule has 2 heterocycles. The minimum atomic E-state index is -0.318. The number of rotatable bonds is 6. The number of halogens is 1. The highest BCUT2D eigenvalue weighted by Gasteiger charge is 2.24. The second kappa shape index (κ2) is 7.95. The summed E-state index contributed by atoms with van der Waals surface area (Å²) in [6, 6.07) is 8.22. The average Bonchev–Trinajstić information content (AvgIpc) is 3.13. The van der Waals surface area contributed by atoms with Gasteiger partial charge in [0.25, 0.3) is 0 Å². The van der Waals surface area contributed by atoms with Gasteiger partial charge in [0.05, 0.1) is 12.6 Å². The molecule has 5 nitrogen and oxygen atoms in total. The molecular weight excluding hydrogens is 309 g/mol. The van der Waals surface area contributed by atoms with Crippen LogP contribution < -0.4 is 4.74 Å². The molecule has 2 aromatic rings. The summed E-state index contributed by atoms with van der Waals surface area (Å²) in [5, 5.41) is 4.28. The van der Waals surface area contributed by atoms with Crippen molar-refractivity contribution in [1.82, 2.24) is 14.7 Å². The first kappa shape index (κ1) is 16.5. The highest BCUT2D eigenvalue weighted by Crippen LogP contribution is 2.21. The van der Waals surface area contributed by atoms with Gasteiger partial charge in [-0.15, -0.1) is 0 Å². The minimum Gasteiger partial charge on any atom is -0.493 e. The van der Waals surface area contributed by atoms with Crippen LogP contribution >= 0.6 is 0 Å². The molecule has 0 bridgehead atoms. The zero-order chi connectivity index (χ0) is 16.8. The third kappa shape index (κ3) is 4.34. The molecule has 128 valence electrons. The topological polar surface area (TPSA) is 47.4 Å². The molecule has 0 aliphatic carbocycles. The minimum absolute atomic E-state index is 0.148. The van der Waals surface area contributed by atoms with E-state index in [0.717, 1.165) is 19.4 Å². The summed E-state index contributed by atoms with van der Waals surface area (Å²) in [4.78, 5) is 14.3. The van der Waals surface area contributed by atoms with Crippen LogP contribution in [0.3, 0.4) is 0 Å². The molecule has 1 saturated heterocycles. The first-order valence-corrected chi connectivity index (χ1v) is 8.37. The van der Waals surface area contributed by atoms with Crippen LogP contribution in [-0.2, 0) is 4.79 Å². The fourth-order valence-electron chi connectivity index (χ4n) is 3.02. The summed E-state index contributed by atoms with van der Waals surface area (Å²) in [5.41, 5.74) is 0. The van der Waals surface area contributed by atoms with Gasteiger partial charge in [-0.3, -0.25) is 9.48 Å². The number of likely N-dealkylation sites (tertiary alicyclic amines) is 1. The van der Waals surface area contributed by atoms with Crippen molar-refractivity contribution in [3.8, 4) is 5.75 Å². The van der Waals surface area contributed by atoms with E-state index >= 15 is 0 Å². The Kier molecular flexibility index (Phi) is 5.46. The van der Waals surface area contributed by atoms with Crippen molar-refractivity contribution in [2.75, 3.05) is 19.7 Å².